The highest BCUT2D eigenvalue weighted by Crippen LogP contribution is 2.24. The lowest BCUT2D eigenvalue weighted by Gasteiger charge is -2.22. The molecule has 0 spiro atoms. The summed E-state index contributed by atoms with van der Waals surface area (Å²) in [4.78, 5) is -0.284. The van der Waals surface area contributed by atoms with Crippen LogP contribution in [0.25, 0.3) is 0 Å². The van der Waals surface area contributed by atoms with Gasteiger partial charge in [-0.1, -0.05) is 0 Å². The number of hydrogen-bond donors (Lipinski definition) is 0. The number of halogens is 2. The second-order valence-corrected chi connectivity index (χ2v) is 6.90. The van der Waals surface area contributed by atoms with Crippen LogP contribution in [0.3, 0.4) is 0 Å². The van der Waals surface area contributed by atoms with Crippen molar-refractivity contribution >= 4 is 19.7 Å². The Morgan fingerprint density at radius 2 is 2.21 bits per heavy atom. The third-order valence-corrected chi connectivity index (χ3v) is 4.24. The van der Waals surface area contributed by atoms with E-state index in [0.29, 0.717) is 6.61 Å². The second-order valence-electron chi connectivity index (χ2n) is 4.33. The Bertz CT molecular complexity index is 541. The van der Waals surface area contributed by atoms with Crippen molar-refractivity contribution in [2.75, 3.05) is 13.2 Å². The van der Waals surface area contributed by atoms with Crippen molar-refractivity contribution in [1.82, 2.24) is 0 Å². The van der Waals surface area contributed by atoms with E-state index in [0.717, 1.165) is 25.3 Å². The van der Waals surface area contributed by atoms with E-state index in [4.69, 9.17) is 20.2 Å². The Morgan fingerprint density at radius 1 is 1.42 bits per heavy atom. The fourth-order valence-electron chi connectivity index (χ4n) is 1.87. The van der Waals surface area contributed by atoms with Crippen LogP contribution in [0.4, 0.5) is 4.39 Å². The van der Waals surface area contributed by atoms with Gasteiger partial charge in [0.15, 0.2) is 11.6 Å². The van der Waals surface area contributed by atoms with Crippen LogP contribution in [0.2, 0.25) is 0 Å². The van der Waals surface area contributed by atoms with E-state index in [1.54, 1.807) is 0 Å². The molecule has 0 bridgehead atoms. The van der Waals surface area contributed by atoms with Crippen LogP contribution < -0.4 is 4.74 Å². The summed E-state index contributed by atoms with van der Waals surface area (Å²) in [5.74, 6) is -0.754. The molecule has 0 aromatic heterocycles. The Hall–Kier alpha value is -0.850. The molecule has 0 N–H and O–H groups in total. The molecule has 19 heavy (non-hydrogen) atoms. The standard InChI is InChI=1S/C12H14ClFO4S/c13-19(15,16)10-4-5-12(11(14)7-10)18-8-9-3-1-2-6-17-9/h4-5,7,9H,1-3,6,8H2. The van der Waals surface area contributed by atoms with Crippen molar-refractivity contribution in [1.29, 1.82) is 0 Å². The van der Waals surface area contributed by atoms with Crippen LogP contribution in [0.15, 0.2) is 23.1 Å². The maximum atomic E-state index is 13.6. The zero-order chi connectivity index (χ0) is 13.9. The van der Waals surface area contributed by atoms with Crippen LogP contribution in [0.5, 0.6) is 5.75 Å². The molecule has 1 unspecified atom stereocenters. The molecule has 1 atom stereocenters. The molecule has 1 aromatic rings. The van der Waals surface area contributed by atoms with Crippen LogP contribution in [-0.2, 0) is 13.8 Å². The smallest absolute Gasteiger partial charge is 0.261 e. The summed E-state index contributed by atoms with van der Waals surface area (Å²) in [5.41, 5.74) is 0. The molecule has 7 heteroatoms. The molecule has 0 aliphatic carbocycles. The monoisotopic (exact) mass is 308 g/mol. The second kappa shape index (κ2) is 6.07. The summed E-state index contributed by atoms with van der Waals surface area (Å²) in [6, 6.07) is 3.31. The molecule has 1 saturated heterocycles. The Labute approximate surface area is 115 Å². The first kappa shape index (κ1) is 14.6. The molecule has 1 aliphatic rings. The van der Waals surface area contributed by atoms with E-state index in [-0.39, 0.29) is 23.4 Å². The van der Waals surface area contributed by atoms with Gasteiger partial charge < -0.3 is 9.47 Å². The minimum atomic E-state index is -3.93. The molecule has 2 rings (SSSR count). The summed E-state index contributed by atoms with van der Waals surface area (Å²) < 4.78 is 46.5. The summed E-state index contributed by atoms with van der Waals surface area (Å²) in [5, 5.41) is 0. The van der Waals surface area contributed by atoms with Gasteiger partial charge >= 0.3 is 0 Å². The molecule has 4 nitrogen and oxygen atoms in total. The quantitative estimate of drug-likeness (QED) is 0.803. The summed E-state index contributed by atoms with van der Waals surface area (Å²) in [7, 11) is 1.20. The Morgan fingerprint density at radius 3 is 2.79 bits per heavy atom. The highest BCUT2D eigenvalue weighted by atomic mass is 35.7. The topological polar surface area (TPSA) is 52.6 Å². The molecule has 106 valence electrons. The minimum absolute atomic E-state index is 0.00163. The summed E-state index contributed by atoms with van der Waals surface area (Å²) in [6.45, 7) is 0.948. The van der Waals surface area contributed by atoms with Gasteiger partial charge in [-0.2, -0.15) is 0 Å². The number of hydrogen-bond acceptors (Lipinski definition) is 4. The average Bonchev–Trinajstić information content (AvgIpc) is 2.37. The molecule has 0 amide bonds. The number of rotatable bonds is 4. The van der Waals surface area contributed by atoms with Crippen LogP contribution in [0, 0.1) is 5.82 Å². The van der Waals surface area contributed by atoms with Gasteiger partial charge in [0.1, 0.15) is 6.61 Å². The van der Waals surface area contributed by atoms with Crippen molar-refractivity contribution in [3.05, 3.63) is 24.0 Å². The van der Waals surface area contributed by atoms with Crippen molar-refractivity contribution in [2.45, 2.75) is 30.3 Å². The summed E-state index contributed by atoms with van der Waals surface area (Å²) >= 11 is 0. The SMILES string of the molecule is O=S(=O)(Cl)c1ccc(OCC2CCCCO2)c(F)c1. The first-order chi connectivity index (χ1) is 8.97. The lowest BCUT2D eigenvalue weighted by molar-refractivity contribution is -0.0117. The number of ether oxygens (including phenoxy) is 2. The van der Waals surface area contributed by atoms with Crippen LogP contribution >= 0.6 is 10.7 Å². The fourth-order valence-corrected chi connectivity index (χ4v) is 2.63. The van der Waals surface area contributed by atoms with Gasteiger partial charge in [0, 0.05) is 17.3 Å². The zero-order valence-corrected chi connectivity index (χ0v) is 11.7. The first-order valence-corrected chi connectivity index (χ1v) is 8.26. The molecule has 1 aliphatic heterocycles. The highest BCUT2D eigenvalue weighted by molar-refractivity contribution is 8.13. The van der Waals surface area contributed by atoms with Crippen molar-refractivity contribution in [3.8, 4) is 5.75 Å². The lowest BCUT2D eigenvalue weighted by Crippen LogP contribution is -2.26. The van der Waals surface area contributed by atoms with E-state index in [2.05, 4.69) is 0 Å². The van der Waals surface area contributed by atoms with Crippen molar-refractivity contribution in [2.24, 2.45) is 0 Å². The predicted octanol–water partition coefficient (Wildman–Crippen LogP) is 2.70. The number of benzene rings is 1. The average molecular weight is 309 g/mol. The van der Waals surface area contributed by atoms with Crippen molar-refractivity contribution < 1.29 is 22.3 Å². The maximum Gasteiger partial charge on any atom is 0.261 e. The van der Waals surface area contributed by atoms with Crippen LogP contribution in [-0.4, -0.2) is 27.7 Å². The third kappa shape index (κ3) is 4.06. The third-order valence-electron chi connectivity index (χ3n) is 2.88. The lowest BCUT2D eigenvalue weighted by atomic mass is 10.1. The molecule has 1 fully saturated rings. The van der Waals surface area contributed by atoms with Gasteiger partial charge in [-0.15, -0.1) is 0 Å². The van der Waals surface area contributed by atoms with Gasteiger partial charge in [-0.25, -0.2) is 12.8 Å². The minimum Gasteiger partial charge on any atom is -0.488 e. The van der Waals surface area contributed by atoms with Gasteiger partial charge in [0.05, 0.1) is 11.0 Å². The fraction of sp³-hybridized carbons (Fsp3) is 0.500. The Balaban J connectivity index is 2.01. The van der Waals surface area contributed by atoms with Gasteiger partial charge in [0.25, 0.3) is 9.05 Å². The van der Waals surface area contributed by atoms with E-state index in [1.807, 2.05) is 0 Å². The molecule has 1 aromatic carbocycles. The Kier molecular flexibility index (Phi) is 4.65. The van der Waals surface area contributed by atoms with Crippen LogP contribution in [0.1, 0.15) is 19.3 Å². The van der Waals surface area contributed by atoms with E-state index < -0.39 is 14.9 Å². The molecule has 0 radical (unpaired) electrons. The highest BCUT2D eigenvalue weighted by Gasteiger charge is 2.17. The molecular formula is C12H14ClFO4S. The van der Waals surface area contributed by atoms with Gasteiger partial charge in [-0.05, 0) is 37.5 Å². The van der Waals surface area contributed by atoms with Crippen molar-refractivity contribution in [3.63, 3.8) is 0 Å². The first-order valence-electron chi connectivity index (χ1n) is 5.95. The largest absolute Gasteiger partial charge is 0.488 e. The molecule has 1 heterocycles. The molecular weight excluding hydrogens is 295 g/mol. The van der Waals surface area contributed by atoms with Gasteiger partial charge in [0.2, 0.25) is 0 Å². The van der Waals surface area contributed by atoms with Gasteiger partial charge in [-0.3, -0.25) is 0 Å². The van der Waals surface area contributed by atoms with E-state index >= 15 is 0 Å². The van der Waals surface area contributed by atoms with E-state index in [9.17, 15) is 12.8 Å². The zero-order valence-electron chi connectivity index (χ0n) is 10.1. The summed E-state index contributed by atoms with van der Waals surface area (Å²) in [6.07, 6.45) is 2.95. The predicted molar refractivity (Wildman–Crippen MR) is 68.5 cm³/mol. The maximum absolute atomic E-state index is 13.6. The van der Waals surface area contributed by atoms with E-state index in [1.165, 1.54) is 12.1 Å². The molecule has 0 saturated carbocycles. The normalized spacial score (nSPS) is 20.2.